The molecule has 0 N–H and O–H groups in total. The molecule has 92 valence electrons. The van der Waals surface area contributed by atoms with Crippen LogP contribution in [0.2, 0.25) is 0 Å². The monoisotopic (exact) mass is 228 g/mol. The summed E-state index contributed by atoms with van der Waals surface area (Å²) in [4.78, 5) is 0. The first-order chi connectivity index (χ1) is 8.43. The lowest BCUT2D eigenvalue weighted by Crippen LogP contribution is -1.80. The summed E-state index contributed by atoms with van der Waals surface area (Å²) < 4.78 is 0. The maximum Gasteiger partial charge on any atom is -0.0260 e. The summed E-state index contributed by atoms with van der Waals surface area (Å²) in [7, 11) is 0. The van der Waals surface area contributed by atoms with E-state index in [1.807, 2.05) is 31.2 Å². The molecule has 0 heterocycles. The third-order valence-electron chi connectivity index (χ3n) is 2.82. The maximum absolute atomic E-state index is 2.32. The van der Waals surface area contributed by atoms with Crippen molar-refractivity contribution in [1.29, 1.82) is 0 Å². The summed E-state index contributed by atoms with van der Waals surface area (Å²) >= 11 is 0. The second kappa shape index (κ2) is 9.89. The van der Waals surface area contributed by atoms with Crippen molar-refractivity contribution in [1.82, 2.24) is 0 Å². The SMILES string of the molecule is C1=CCCCCCC1.CC=Cc1ccccc1. The largest absolute Gasteiger partial charge is 0.0885 e. The van der Waals surface area contributed by atoms with E-state index in [-0.39, 0.29) is 0 Å². The van der Waals surface area contributed by atoms with Crippen LogP contribution in [0.15, 0.2) is 48.6 Å². The Hall–Kier alpha value is -1.30. The van der Waals surface area contributed by atoms with E-state index < -0.39 is 0 Å². The molecular formula is C17H24. The summed E-state index contributed by atoms with van der Waals surface area (Å²) in [5.41, 5.74) is 1.26. The number of hydrogen-bond donors (Lipinski definition) is 0. The normalized spacial score (nSPS) is 15.8. The molecule has 2 rings (SSSR count). The molecule has 0 saturated heterocycles. The van der Waals surface area contributed by atoms with E-state index in [0.717, 1.165) is 0 Å². The third kappa shape index (κ3) is 7.57. The van der Waals surface area contributed by atoms with Gasteiger partial charge >= 0.3 is 0 Å². The van der Waals surface area contributed by atoms with Gasteiger partial charge in [-0.15, -0.1) is 0 Å². The zero-order valence-corrected chi connectivity index (χ0v) is 10.9. The van der Waals surface area contributed by atoms with E-state index >= 15 is 0 Å². The molecule has 0 aliphatic heterocycles. The van der Waals surface area contributed by atoms with Gasteiger partial charge in [-0.05, 0) is 38.2 Å². The van der Waals surface area contributed by atoms with Gasteiger partial charge in [-0.25, -0.2) is 0 Å². The Kier molecular flexibility index (Phi) is 8.01. The predicted octanol–water partition coefficient (Wildman–Crippen LogP) is 5.62. The smallest absolute Gasteiger partial charge is 0.0260 e. The maximum atomic E-state index is 2.32. The third-order valence-corrected chi connectivity index (χ3v) is 2.82. The Morgan fingerprint density at radius 3 is 1.94 bits per heavy atom. The molecule has 0 aromatic heterocycles. The average molecular weight is 228 g/mol. The van der Waals surface area contributed by atoms with Gasteiger partial charge in [0, 0.05) is 0 Å². The first-order valence-corrected chi connectivity index (χ1v) is 6.76. The van der Waals surface area contributed by atoms with Crippen LogP contribution >= 0.6 is 0 Å². The molecule has 0 bridgehead atoms. The Morgan fingerprint density at radius 1 is 0.824 bits per heavy atom. The Labute approximate surface area is 106 Å². The van der Waals surface area contributed by atoms with E-state index in [2.05, 4.69) is 30.4 Å². The molecule has 0 radical (unpaired) electrons. The van der Waals surface area contributed by atoms with Gasteiger partial charge < -0.3 is 0 Å². The zero-order chi connectivity index (χ0) is 12.2. The van der Waals surface area contributed by atoms with Crippen molar-refractivity contribution in [3.63, 3.8) is 0 Å². The standard InChI is InChI=1S/C9H10.C8H14/c1-2-6-9-7-4-3-5-8-9;1-2-4-6-8-7-5-3-1/h2-8H,1H3;1-2H,3-8H2. The highest BCUT2D eigenvalue weighted by molar-refractivity contribution is 5.47. The first-order valence-electron chi connectivity index (χ1n) is 6.76. The van der Waals surface area contributed by atoms with E-state index in [4.69, 9.17) is 0 Å². The van der Waals surface area contributed by atoms with Crippen LogP contribution in [0.3, 0.4) is 0 Å². The van der Waals surface area contributed by atoms with Gasteiger partial charge in [-0.3, -0.25) is 0 Å². The molecular weight excluding hydrogens is 204 g/mol. The van der Waals surface area contributed by atoms with Crippen LogP contribution in [0.4, 0.5) is 0 Å². The molecule has 0 spiro atoms. The highest BCUT2D eigenvalue weighted by atomic mass is 14.0. The minimum absolute atomic E-state index is 1.26. The lowest BCUT2D eigenvalue weighted by atomic mass is 10.1. The van der Waals surface area contributed by atoms with Crippen LogP contribution in [0.25, 0.3) is 6.08 Å². The van der Waals surface area contributed by atoms with E-state index in [0.29, 0.717) is 0 Å². The Bertz CT molecular complexity index is 309. The Morgan fingerprint density at radius 2 is 1.41 bits per heavy atom. The molecule has 1 aliphatic carbocycles. The summed E-state index contributed by atoms with van der Waals surface area (Å²) in [6.45, 7) is 2.02. The summed E-state index contributed by atoms with van der Waals surface area (Å²) in [6, 6.07) is 10.3. The van der Waals surface area contributed by atoms with Crippen LogP contribution in [-0.4, -0.2) is 0 Å². The molecule has 1 aliphatic rings. The van der Waals surface area contributed by atoms with Crippen LogP contribution in [-0.2, 0) is 0 Å². The average Bonchev–Trinajstić information content (AvgIpc) is 2.30. The molecule has 0 amide bonds. The van der Waals surface area contributed by atoms with Crippen LogP contribution in [0, 0.1) is 0 Å². The van der Waals surface area contributed by atoms with Crippen LogP contribution < -0.4 is 0 Å². The van der Waals surface area contributed by atoms with E-state index in [1.54, 1.807) is 0 Å². The zero-order valence-electron chi connectivity index (χ0n) is 10.9. The van der Waals surface area contributed by atoms with Crippen molar-refractivity contribution in [3.05, 3.63) is 54.1 Å². The van der Waals surface area contributed by atoms with Gasteiger partial charge in [0.15, 0.2) is 0 Å². The lowest BCUT2D eigenvalue weighted by molar-refractivity contribution is 0.638. The number of rotatable bonds is 1. The van der Waals surface area contributed by atoms with Crippen molar-refractivity contribution in [2.75, 3.05) is 0 Å². The van der Waals surface area contributed by atoms with Crippen molar-refractivity contribution >= 4 is 6.08 Å². The van der Waals surface area contributed by atoms with E-state index in [9.17, 15) is 0 Å². The highest BCUT2D eigenvalue weighted by Gasteiger charge is 1.90. The van der Waals surface area contributed by atoms with Gasteiger partial charge in [0.2, 0.25) is 0 Å². The predicted molar refractivity (Wildman–Crippen MR) is 78.0 cm³/mol. The van der Waals surface area contributed by atoms with Gasteiger partial charge in [-0.1, -0.05) is 67.5 Å². The summed E-state index contributed by atoms with van der Waals surface area (Å²) in [6.07, 6.45) is 17.1. The summed E-state index contributed by atoms with van der Waals surface area (Å²) in [5.74, 6) is 0. The second-order valence-electron chi connectivity index (χ2n) is 4.37. The fourth-order valence-electron chi connectivity index (χ4n) is 1.87. The van der Waals surface area contributed by atoms with Crippen LogP contribution in [0.5, 0.6) is 0 Å². The fraction of sp³-hybridized carbons (Fsp3) is 0.412. The molecule has 0 heteroatoms. The van der Waals surface area contributed by atoms with Gasteiger partial charge in [0.1, 0.15) is 0 Å². The molecule has 0 unspecified atom stereocenters. The number of benzene rings is 1. The highest BCUT2D eigenvalue weighted by Crippen LogP contribution is 2.09. The molecule has 1 aromatic carbocycles. The number of allylic oxidation sites excluding steroid dienone is 3. The second-order valence-corrected chi connectivity index (χ2v) is 4.37. The van der Waals surface area contributed by atoms with Crippen LogP contribution in [0.1, 0.15) is 51.0 Å². The lowest BCUT2D eigenvalue weighted by Gasteiger charge is -2.00. The topological polar surface area (TPSA) is 0 Å². The van der Waals surface area contributed by atoms with Crippen molar-refractivity contribution in [2.45, 2.75) is 45.4 Å². The van der Waals surface area contributed by atoms with Crippen molar-refractivity contribution < 1.29 is 0 Å². The van der Waals surface area contributed by atoms with E-state index in [1.165, 1.54) is 44.1 Å². The summed E-state index contributed by atoms with van der Waals surface area (Å²) in [5, 5.41) is 0. The fourth-order valence-corrected chi connectivity index (χ4v) is 1.87. The quantitative estimate of drug-likeness (QED) is 0.547. The molecule has 0 nitrogen and oxygen atoms in total. The molecule has 17 heavy (non-hydrogen) atoms. The van der Waals surface area contributed by atoms with Gasteiger partial charge in [0.05, 0.1) is 0 Å². The Balaban J connectivity index is 0.000000171. The molecule has 1 aromatic rings. The van der Waals surface area contributed by atoms with Gasteiger partial charge in [-0.2, -0.15) is 0 Å². The minimum Gasteiger partial charge on any atom is -0.0885 e. The first kappa shape index (κ1) is 13.8. The molecule has 0 saturated carbocycles. The van der Waals surface area contributed by atoms with Crippen molar-refractivity contribution in [3.8, 4) is 0 Å². The molecule has 0 fully saturated rings. The molecule has 0 atom stereocenters. The van der Waals surface area contributed by atoms with Gasteiger partial charge in [0.25, 0.3) is 0 Å². The van der Waals surface area contributed by atoms with Crippen molar-refractivity contribution in [2.24, 2.45) is 0 Å². The minimum atomic E-state index is 1.26. The number of hydrogen-bond acceptors (Lipinski definition) is 0.